The maximum absolute atomic E-state index is 5.94. The summed E-state index contributed by atoms with van der Waals surface area (Å²) in [7, 11) is 0. The van der Waals surface area contributed by atoms with Crippen LogP contribution in [0.1, 0.15) is 53.4 Å². The van der Waals surface area contributed by atoms with Gasteiger partial charge in [0.2, 0.25) is 0 Å². The highest BCUT2D eigenvalue weighted by molar-refractivity contribution is 5.29. The van der Waals surface area contributed by atoms with E-state index in [1.54, 1.807) is 0 Å². The molecule has 0 saturated heterocycles. The number of rotatable bonds is 6. The zero-order chi connectivity index (χ0) is 12.0. The molecular weight excluding hydrogens is 196 g/mol. The van der Waals surface area contributed by atoms with E-state index in [0.29, 0.717) is 5.92 Å². The topological polar surface area (TPSA) is 9.23 Å². The molecule has 0 spiro atoms. The Hall–Kier alpha value is -0.560. The van der Waals surface area contributed by atoms with Gasteiger partial charge in [-0.15, -0.1) is 0 Å². The minimum atomic E-state index is -0.0634. The Bertz CT molecular complexity index is 265. The van der Waals surface area contributed by atoms with Crippen molar-refractivity contribution in [3.63, 3.8) is 0 Å². The van der Waals surface area contributed by atoms with Crippen molar-refractivity contribution in [3.05, 3.63) is 23.8 Å². The standard InChI is InChI=1S/C15H26O/c1-5-7-12-16-15(4)10-8-14(9-11-15)13(3)6-2/h8-10,13H,5-7,11-12H2,1-4H3. The lowest BCUT2D eigenvalue weighted by Gasteiger charge is -2.29. The van der Waals surface area contributed by atoms with Crippen molar-refractivity contribution >= 4 is 0 Å². The van der Waals surface area contributed by atoms with Gasteiger partial charge in [-0.1, -0.05) is 45.4 Å². The summed E-state index contributed by atoms with van der Waals surface area (Å²) >= 11 is 0. The minimum absolute atomic E-state index is 0.0634. The first-order valence-corrected chi connectivity index (χ1v) is 6.64. The van der Waals surface area contributed by atoms with Crippen LogP contribution in [0.2, 0.25) is 0 Å². The molecule has 0 aromatic rings. The van der Waals surface area contributed by atoms with Crippen LogP contribution in [-0.2, 0) is 4.74 Å². The molecule has 0 bridgehead atoms. The number of allylic oxidation sites excluding steroid dienone is 2. The quantitative estimate of drug-likeness (QED) is 0.601. The average molecular weight is 222 g/mol. The summed E-state index contributed by atoms with van der Waals surface area (Å²) in [5.74, 6) is 0.677. The van der Waals surface area contributed by atoms with Crippen molar-refractivity contribution in [1.29, 1.82) is 0 Å². The third kappa shape index (κ3) is 3.79. The molecule has 0 heterocycles. The molecule has 16 heavy (non-hydrogen) atoms. The molecule has 0 aromatic heterocycles. The van der Waals surface area contributed by atoms with Gasteiger partial charge in [0.1, 0.15) is 0 Å². The van der Waals surface area contributed by atoms with Gasteiger partial charge in [0.05, 0.1) is 5.60 Å². The van der Waals surface area contributed by atoms with Crippen LogP contribution in [-0.4, -0.2) is 12.2 Å². The van der Waals surface area contributed by atoms with Crippen LogP contribution in [0.5, 0.6) is 0 Å². The molecule has 0 saturated carbocycles. The van der Waals surface area contributed by atoms with E-state index in [9.17, 15) is 0 Å². The molecule has 0 amide bonds. The lowest BCUT2D eigenvalue weighted by Crippen LogP contribution is -2.28. The van der Waals surface area contributed by atoms with Gasteiger partial charge in [-0.2, -0.15) is 0 Å². The number of ether oxygens (including phenoxy) is 1. The van der Waals surface area contributed by atoms with E-state index < -0.39 is 0 Å². The van der Waals surface area contributed by atoms with Crippen molar-refractivity contribution in [2.24, 2.45) is 5.92 Å². The predicted molar refractivity (Wildman–Crippen MR) is 70.6 cm³/mol. The van der Waals surface area contributed by atoms with Crippen molar-refractivity contribution in [3.8, 4) is 0 Å². The SMILES string of the molecule is CCCCOC1(C)C=CC(C(C)CC)=CC1. The van der Waals surface area contributed by atoms with Crippen LogP contribution < -0.4 is 0 Å². The van der Waals surface area contributed by atoms with Gasteiger partial charge in [0, 0.05) is 6.61 Å². The lowest BCUT2D eigenvalue weighted by molar-refractivity contribution is 0.00510. The molecule has 0 aliphatic heterocycles. The second-order valence-corrected chi connectivity index (χ2v) is 5.07. The third-order valence-corrected chi connectivity index (χ3v) is 3.48. The molecule has 0 fully saturated rings. The highest BCUT2D eigenvalue weighted by Gasteiger charge is 2.23. The van der Waals surface area contributed by atoms with Gasteiger partial charge in [0.25, 0.3) is 0 Å². The maximum atomic E-state index is 5.94. The molecule has 2 unspecified atom stereocenters. The van der Waals surface area contributed by atoms with E-state index in [4.69, 9.17) is 4.74 Å². The summed E-state index contributed by atoms with van der Waals surface area (Å²) < 4.78 is 5.94. The summed E-state index contributed by atoms with van der Waals surface area (Å²) in [5, 5.41) is 0. The van der Waals surface area contributed by atoms with Crippen LogP contribution in [0.15, 0.2) is 23.8 Å². The van der Waals surface area contributed by atoms with Gasteiger partial charge >= 0.3 is 0 Å². The molecule has 1 aliphatic rings. The molecular formula is C15H26O. The predicted octanol–water partition coefficient (Wildman–Crippen LogP) is 4.49. The fraction of sp³-hybridized carbons (Fsp3) is 0.733. The average Bonchev–Trinajstić information content (AvgIpc) is 2.29. The van der Waals surface area contributed by atoms with E-state index >= 15 is 0 Å². The molecule has 92 valence electrons. The molecule has 1 rings (SSSR count). The first kappa shape index (κ1) is 13.5. The molecule has 1 nitrogen and oxygen atoms in total. The summed E-state index contributed by atoms with van der Waals surface area (Å²) in [6.45, 7) is 9.79. The molecule has 1 aliphatic carbocycles. The minimum Gasteiger partial charge on any atom is -0.371 e. The maximum Gasteiger partial charge on any atom is 0.0872 e. The summed E-state index contributed by atoms with van der Waals surface area (Å²) in [5.41, 5.74) is 1.41. The number of hydrogen-bond acceptors (Lipinski definition) is 1. The summed E-state index contributed by atoms with van der Waals surface area (Å²) in [4.78, 5) is 0. The molecule has 0 aromatic carbocycles. The van der Waals surface area contributed by atoms with Gasteiger partial charge in [-0.3, -0.25) is 0 Å². The fourth-order valence-electron chi connectivity index (χ4n) is 1.89. The van der Waals surface area contributed by atoms with Crippen molar-refractivity contribution in [1.82, 2.24) is 0 Å². The van der Waals surface area contributed by atoms with Crippen molar-refractivity contribution in [2.75, 3.05) is 6.61 Å². The highest BCUT2D eigenvalue weighted by Crippen LogP contribution is 2.28. The van der Waals surface area contributed by atoms with Crippen molar-refractivity contribution in [2.45, 2.75) is 59.0 Å². The molecule has 0 N–H and O–H groups in total. The summed E-state index contributed by atoms with van der Waals surface area (Å²) in [6, 6.07) is 0. The Morgan fingerprint density at radius 1 is 1.44 bits per heavy atom. The Morgan fingerprint density at radius 3 is 2.69 bits per heavy atom. The van der Waals surface area contributed by atoms with Gasteiger partial charge < -0.3 is 4.74 Å². The Kier molecular flexibility index (Phi) is 5.27. The Balaban J connectivity index is 2.46. The van der Waals surface area contributed by atoms with E-state index in [2.05, 4.69) is 45.9 Å². The molecule has 1 heteroatoms. The van der Waals surface area contributed by atoms with E-state index in [1.165, 1.54) is 18.4 Å². The smallest absolute Gasteiger partial charge is 0.0872 e. The van der Waals surface area contributed by atoms with Crippen LogP contribution in [0, 0.1) is 5.92 Å². The van der Waals surface area contributed by atoms with Gasteiger partial charge in [0.15, 0.2) is 0 Å². The second kappa shape index (κ2) is 6.24. The molecule has 2 atom stereocenters. The highest BCUT2D eigenvalue weighted by atomic mass is 16.5. The molecule has 0 radical (unpaired) electrons. The third-order valence-electron chi connectivity index (χ3n) is 3.48. The van der Waals surface area contributed by atoms with E-state index in [0.717, 1.165) is 19.4 Å². The normalized spacial score (nSPS) is 26.6. The zero-order valence-electron chi connectivity index (χ0n) is 11.3. The zero-order valence-corrected chi connectivity index (χ0v) is 11.3. The Labute approximate surface area is 101 Å². The van der Waals surface area contributed by atoms with E-state index in [1.807, 2.05) is 0 Å². The monoisotopic (exact) mass is 222 g/mol. The lowest BCUT2D eigenvalue weighted by atomic mass is 9.87. The van der Waals surface area contributed by atoms with Gasteiger partial charge in [-0.25, -0.2) is 0 Å². The first-order valence-electron chi connectivity index (χ1n) is 6.64. The van der Waals surface area contributed by atoms with Gasteiger partial charge in [-0.05, 0) is 37.7 Å². The number of unbranched alkanes of at least 4 members (excludes halogenated alkanes) is 1. The van der Waals surface area contributed by atoms with Crippen LogP contribution in [0.25, 0.3) is 0 Å². The summed E-state index contributed by atoms with van der Waals surface area (Å²) in [6.07, 6.45) is 11.4. The second-order valence-electron chi connectivity index (χ2n) is 5.07. The number of hydrogen-bond donors (Lipinski definition) is 0. The van der Waals surface area contributed by atoms with E-state index in [-0.39, 0.29) is 5.60 Å². The van der Waals surface area contributed by atoms with Crippen LogP contribution in [0.3, 0.4) is 0 Å². The Morgan fingerprint density at radius 2 is 2.19 bits per heavy atom. The van der Waals surface area contributed by atoms with Crippen molar-refractivity contribution < 1.29 is 4.74 Å². The largest absolute Gasteiger partial charge is 0.371 e. The van der Waals surface area contributed by atoms with Crippen LogP contribution >= 0.6 is 0 Å². The fourth-order valence-corrected chi connectivity index (χ4v) is 1.89. The first-order chi connectivity index (χ1) is 7.61. The van der Waals surface area contributed by atoms with Crippen LogP contribution in [0.4, 0.5) is 0 Å².